The molecular formula is C17H14FNOS. The molecule has 1 atom stereocenters. The molecule has 0 radical (unpaired) electrons. The van der Waals surface area contributed by atoms with Crippen molar-refractivity contribution in [3.63, 3.8) is 0 Å². The monoisotopic (exact) mass is 299 g/mol. The number of benzene rings is 2. The average molecular weight is 299 g/mol. The lowest BCUT2D eigenvalue weighted by molar-refractivity contribution is -0.118. The molecular weight excluding hydrogens is 285 g/mol. The molecule has 2 rings (SSSR count). The van der Waals surface area contributed by atoms with Gasteiger partial charge < -0.3 is 0 Å². The third-order valence-corrected chi connectivity index (χ3v) is 3.94. The zero-order chi connectivity index (χ0) is 15.2. The smallest absolute Gasteiger partial charge is 0.158 e. The number of Topliss-reactive ketones (excluding diaryl/α,β-unsaturated/α-hetero) is 1. The molecule has 2 aromatic rings. The molecule has 0 heterocycles. The molecule has 0 N–H and O–H groups in total. The van der Waals surface area contributed by atoms with Crippen LogP contribution in [0.4, 0.5) is 4.39 Å². The van der Waals surface area contributed by atoms with E-state index in [9.17, 15) is 14.4 Å². The molecule has 21 heavy (non-hydrogen) atoms. The van der Waals surface area contributed by atoms with Crippen molar-refractivity contribution < 1.29 is 9.18 Å². The zero-order valence-electron chi connectivity index (χ0n) is 11.5. The van der Waals surface area contributed by atoms with Crippen molar-refractivity contribution in [2.75, 3.05) is 6.26 Å². The molecule has 2 nitrogen and oxygen atoms in total. The number of nitrogens with zero attached hydrogens (tertiary/aromatic N) is 1. The lowest BCUT2D eigenvalue weighted by Gasteiger charge is -2.09. The Balaban J connectivity index is 2.13. The van der Waals surface area contributed by atoms with E-state index in [-0.39, 0.29) is 18.0 Å². The average Bonchev–Trinajstić information content (AvgIpc) is 2.50. The first-order valence-corrected chi connectivity index (χ1v) is 7.67. The maximum Gasteiger partial charge on any atom is 0.158 e. The van der Waals surface area contributed by atoms with Crippen LogP contribution in [0, 0.1) is 17.1 Å². The summed E-state index contributed by atoms with van der Waals surface area (Å²) in [5.41, 5.74) is 1.41. The molecule has 2 aromatic carbocycles. The van der Waals surface area contributed by atoms with Crippen LogP contribution in [0.1, 0.15) is 17.0 Å². The Morgan fingerprint density at radius 3 is 2.33 bits per heavy atom. The Labute approximate surface area is 127 Å². The number of thioether (sulfide) groups is 1. The molecule has 0 spiro atoms. The van der Waals surface area contributed by atoms with E-state index in [0.717, 1.165) is 10.5 Å². The lowest BCUT2D eigenvalue weighted by Crippen LogP contribution is -2.13. The van der Waals surface area contributed by atoms with E-state index in [2.05, 4.69) is 0 Å². The van der Waals surface area contributed by atoms with Gasteiger partial charge in [0.2, 0.25) is 0 Å². The Morgan fingerprint density at radius 2 is 1.81 bits per heavy atom. The molecule has 0 aliphatic carbocycles. The second-order valence-electron chi connectivity index (χ2n) is 4.60. The van der Waals surface area contributed by atoms with Crippen molar-refractivity contribution in [1.82, 2.24) is 0 Å². The fourth-order valence-corrected chi connectivity index (χ4v) is 2.44. The van der Waals surface area contributed by atoms with Crippen molar-refractivity contribution in [1.29, 1.82) is 5.26 Å². The normalized spacial score (nSPS) is 11.7. The highest BCUT2D eigenvalue weighted by Crippen LogP contribution is 2.20. The molecule has 0 saturated carbocycles. The Kier molecular flexibility index (Phi) is 5.13. The van der Waals surface area contributed by atoms with Gasteiger partial charge >= 0.3 is 0 Å². The highest BCUT2D eigenvalue weighted by molar-refractivity contribution is 7.98. The molecule has 0 fully saturated rings. The summed E-state index contributed by atoms with van der Waals surface area (Å²) in [5, 5.41) is 9.21. The standard InChI is InChI=1S/C17H14FNOS/c1-21-15-8-2-12(3-9-15)10-17(20)16(11-19)13-4-6-14(18)7-5-13/h2-9,16H,10H2,1H3. The Morgan fingerprint density at radius 1 is 1.19 bits per heavy atom. The third-order valence-electron chi connectivity index (χ3n) is 3.19. The van der Waals surface area contributed by atoms with Crippen LogP contribution in [0.25, 0.3) is 0 Å². The molecule has 4 heteroatoms. The van der Waals surface area contributed by atoms with E-state index in [0.29, 0.717) is 5.56 Å². The minimum absolute atomic E-state index is 0.180. The fourth-order valence-electron chi connectivity index (χ4n) is 2.03. The summed E-state index contributed by atoms with van der Waals surface area (Å²) >= 11 is 1.63. The maximum atomic E-state index is 12.9. The van der Waals surface area contributed by atoms with Gasteiger partial charge in [0.05, 0.1) is 6.07 Å². The minimum atomic E-state index is -0.856. The second-order valence-corrected chi connectivity index (χ2v) is 5.48. The number of rotatable bonds is 5. The summed E-state index contributed by atoms with van der Waals surface area (Å²) < 4.78 is 12.9. The number of halogens is 1. The molecule has 0 amide bonds. The number of ketones is 1. The van der Waals surface area contributed by atoms with Gasteiger partial charge in [-0.05, 0) is 41.6 Å². The summed E-state index contributed by atoms with van der Waals surface area (Å²) in [5.74, 6) is -1.41. The van der Waals surface area contributed by atoms with E-state index in [4.69, 9.17) is 0 Å². The topological polar surface area (TPSA) is 40.9 Å². The molecule has 106 valence electrons. The van der Waals surface area contributed by atoms with Gasteiger partial charge in [0.25, 0.3) is 0 Å². The van der Waals surface area contributed by atoms with Gasteiger partial charge in [-0.25, -0.2) is 4.39 Å². The predicted molar refractivity (Wildman–Crippen MR) is 81.7 cm³/mol. The third kappa shape index (κ3) is 3.93. The molecule has 1 unspecified atom stereocenters. The summed E-state index contributed by atoms with van der Waals surface area (Å²) in [6.45, 7) is 0. The number of carbonyl (C=O) groups is 1. The first-order chi connectivity index (χ1) is 10.1. The van der Waals surface area contributed by atoms with Gasteiger partial charge in [0.1, 0.15) is 11.7 Å². The van der Waals surface area contributed by atoms with E-state index in [1.54, 1.807) is 11.8 Å². The van der Waals surface area contributed by atoms with E-state index < -0.39 is 5.92 Å². The quantitative estimate of drug-likeness (QED) is 0.784. The molecule has 0 aromatic heterocycles. The van der Waals surface area contributed by atoms with Crippen LogP contribution >= 0.6 is 11.8 Å². The number of hydrogen-bond acceptors (Lipinski definition) is 3. The van der Waals surface area contributed by atoms with Gasteiger partial charge in [-0.3, -0.25) is 4.79 Å². The van der Waals surface area contributed by atoms with Crippen molar-refractivity contribution in [3.8, 4) is 6.07 Å². The Hall–Kier alpha value is -2.12. The number of carbonyl (C=O) groups excluding carboxylic acids is 1. The number of hydrogen-bond donors (Lipinski definition) is 0. The van der Waals surface area contributed by atoms with Crippen LogP contribution in [-0.2, 0) is 11.2 Å². The molecule has 0 saturated heterocycles. The number of nitriles is 1. The SMILES string of the molecule is CSc1ccc(CC(=O)C(C#N)c2ccc(F)cc2)cc1. The van der Waals surface area contributed by atoms with Gasteiger partial charge in [-0.2, -0.15) is 5.26 Å². The minimum Gasteiger partial charge on any atom is -0.297 e. The van der Waals surface area contributed by atoms with Crippen LogP contribution < -0.4 is 0 Å². The largest absolute Gasteiger partial charge is 0.297 e. The van der Waals surface area contributed by atoms with Gasteiger partial charge in [-0.1, -0.05) is 24.3 Å². The van der Waals surface area contributed by atoms with Crippen molar-refractivity contribution in [2.45, 2.75) is 17.2 Å². The van der Waals surface area contributed by atoms with Crippen molar-refractivity contribution >= 4 is 17.5 Å². The van der Waals surface area contributed by atoms with E-state index in [1.807, 2.05) is 36.6 Å². The highest BCUT2D eigenvalue weighted by atomic mass is 32.2. The van der Waals surface area contributed by atoms with Gasteiger partial charge in [-0.15, -0.1) is 11.8 Å². The zero-order valence-corrected chi connectivity index (χ0v) is 12.4. The van der Waals surface area contributed by atoms with E-state index in [1.165, 1.54) is 24.3 Å². The van der Waals surface area contributed by atoms with Gasteiger partial charge in [0.15, 0.2) is 5.78 Å². The van der Waals surface area contributed by atoms with Gasteiger partial charge in [0, 0.05) is 11.3 Å². The summed E-state index contributed by atoms with van der Waals surface area (Å²) in [6, 6.07) is 15.2. The van der Waals surface area contributed by atoms with Crippen LogP contribution in [0.15, 0.2) is 53.4 Å². The summed E-state index contributed by atoms with van der Waals surface area (Å²) in [4.78, 5) is 13.4. The fraction of sp³-hybridized carbons (Fsp3) is 0.176. The van der Waals surface area contributed by atoms with Crippen LogP contribution in [-0.4, -0.2) is 12.0 Å². The highest BCUT2D eigenvalue weighted by Gasteiger charge is 2.20. The van der Waals surface area contributed by atoms with E-state index >= 15 is 0 Å². The Bertz CT molecular complexity index is 659. The molecule has 0 bridgehead atoms. The first kappa shape index (κ1) is 15.3. The predicted octanol–water partition coefficient (Wildman–Crippen LogP) is 3.97. The van der Waals surface area contributed by atoms with Crippen LogP contribution in [0.3, 0.4) is 0 Å². The molecule has 0 aliphatic heterocycles. The summed E-state index contributed by atoms with van der Waals surface area (Å²) in [7, 11) is 0. The van der Waals surface area contributed by atoms with Crippen molar-refractivity contribution in [2.24, 2.45) is 0 Å². The molecule has 0 aliphatic rings. The van der Waals surface area contributed by atoms with Crippen LogP contribution in [0.5, 0.6) is 0 Å². The second kappa shape index (κ2) is 7.05. The maximum absolute atomic E-state index is 12.9. The summed E-state index contributed by atoms with van der Waals surface area (Å²) in [6.07, 6.45) is 2.19. The lowest BCUT2D eigenvalue weighted by atomic mass is 9.92. The van der Waals surface area contributed by atoms with Crippen molar-refractivity contribution in [3.05, 3.63) is 65.5 Å². The first-order valence-electron chi connectivity index (χ1n) is 6.44. The van der Waals surface area contributed by atoms with Crippen LogP contribution in [0.2, 0.25) is 0 Å².